The fourth-order valence-electron chi connectivity index (χ4n) is 4.12. The number of nitrogens with one attached hydrogen (secondary N) is 1. The first-order valence-electron chi connectivity index (χ1n) is 8.79. The van der Waals surface area contributed by atoms with Crippen molar-refractivity contribution in [1.29, 1.82) is 0 Å². The third kappa shape index (κ3) is 3.92. The number of benzene rings is 1. The molecule has 4 heteroatoms. The zero-order valence-corrected chi connectivity index (χ0v) is 13.9. The Hall–Kier alpha value is -1.84. The first kappa shape index (κ1) is 16.0. The number of carbonyl (C=O) groups excluding carboxylic acids is 2. The summed E-state index contributed by atoms with van der Waals surface area (Å²) in [5, 5.41) is 2.75. The molecule has 1 saturated heterocycles. The number of hydrogen-bond donors (Lipinski definition) is 1. The monoisotopic (exact) mass is 314 g/mol. The van der Waals surface area contributed by atoms with Crippen molar-refractivity contribution in [3.63, 3.8) is 0 Å². The molecule has 2 atom stereocenters. The van der Waals surface area contributed by atoms with E-state index in [1.165, 1.54) is 39.0 Å². The lowest BCUT2D eigenvalue weighted by Gasteiger charge is -2.44. The molecule has 23 heavy (non-hydrogen) atoms. The minimum absolute atomic E-state index is 0.0783. The summed E-state index contributed by atoms with van der Waals surface area (Å²) in [5.41, 5.74) is 1.79. The zero-order chi connectivity index (χ0) is 16.2. The van der Waals surface area contributed by atoms with Crippen LogP contribution >= 0.6 is 0 Å². The van der Waals surface area contributed by atoms with Gasteiger partial charge in [-0.1, -0.05) is 25.0 Å². The number of likely N-dealkylation sites (tertiary alicyclic amines) is 1. The SMILES string of the molecule is CC(=O)Nc1ccc(CC(=O)N2CCCC3CCCCC32)cc1. The van der Waals surface area contributed by atoms with E-state index in [2.05, 4.69) is 10.2 Å². The fraction of sp³-hybridized carbons (Fsp3) is 0.579. The van der Waals surface area contributed by atoms with Gasteiger partial charge in [-0.3, -0.25) is 9.59 Å². The molecule has 0 aromatic heterocycles. The van der Waals surface area contributed by atoms with Crippen molar-refractivity contribution >= 4 is 17.5 Å². The van der Waals surface area contributed by atoms with E-state index in [4.69, 9.17) is 0 Å². The molecule has 1 heterocycles. The third-order valence-electron chi connectivity index (χ3n) is 5.19. The first-order chi connectivity index (χ1) is 11.1. The quantitative estimate of drug-likeness (QED) is 0.930. The highest BCUT2D eigenvalue weighted by atomic mass is 16.2. The van der Waals surface area contributed by atoms with Crippen LogP contribution in [0.5, 0.6) is 0 Å². The van der Waals surface area contributed by atoms with Gasteiger partial charge in [0.05, 0.1) is 6.42 Å². The van der Waals surface area contributed by atoms with Gasteiger partial charge in [0, 0.05) is 25.2 Å². The van der Waals surface area contributed by atoms with Crippen molar-refractivity contribution in [3.8, 4) is 0 Å². The van der Waals surface area contributed by atoms with Gasteiger partial charge in [0.15, 0.2) is 0 Å². The summed E-state index contributed by atoms with van der Waals surface area (Å²) in [6.07, 6.45) is 7.96. The molecular formula is C19H26N2O2. The van der Waals surface area contributed by atoms with E-state index in [1.54, 1.807) is 0 Å². The Kier molecular flexibility index (Phi) is 4.99. The van der Waals surface area contributed by atoms with Crippen LogP contribution in [0.4, 0.5) is 5.69 Å². The topological polar surface area (TPSA) is 49.4 Å². The van der Waals surface area contributed by atoms with Gasteiger partial charge in [-0.05, 0) is 49.3 Å². The van der Waals surface area contributed by atoms with Crippen LogP contribution in [0.3, 0.4) is 0 Å². The van der Waals surface area contributed by atoms with E-state index in [-0.39, 0.29) is 11.8 Å². The number of hydrogen-bond acceptors (Lipinski definition) is 2. The molecule has 1 N–H and O–H groups in total. The first-order valence-corrected chi connectivity index (χ1v) is 8.79. The number of rotatable bonds is 3. The van der Waals surface area contributed by atoms with Gasteiger partial charge < -0.3 is 10.2 Å². The highest BCUT2D eigenvalue weighted by molar-refractivity contribution is 5.88. The molecule has 124 valence electrons. The number of amides is 2. The number of carbonyl (C=O) groups is 2. The van der Waals surface area contributed by atoms with Crippen molar-refractivity contribution in [2.24, 2.45) is 5.92 Å². The average molecular weight is 314 g/mol. The normalized spacial score (nSPS) is 24.0. The molecule has 2 aliphatic rings. The molecule has 0 spiro atoms. The van der Waals surface area contributed by atoms with Crippen LogP contribution in [0.2, 0.25) is 0 Å². The maximum atomic E-state index is 12.7. The summed E-state index contributed by atoms with van der Waals surface area (Å²) in [5.74, 6) is 0.906. The van der Waals surface area contributed by atoms with E-state index in [0.717, 1.165) is 30.1 Å². The molecule has 0 bridgehead atoms. The minimum atomic E-state index is -0.0783. The number of nitrogens with zero attached hydrogens (tertiary/aromatic N) is 1. The van der Waals surface area contributed by atoms with Crippen LogP contribution in [0.25, 0.3) is 0 Å². The Balaban J connectivity index is 1.62. The Labute approximate surface area is 138 Å². The van der Waals surface area contributed by atoms with Crippen LogP contribution in [0.15, 0.2) is 24.3 Å². The van der Waals surface area contributed by atoms with Gasteiger partial charge in [0.1, 0.15) is 0 Å². The van der Waals surface area contributed by atoms with Crippen LogP contribution in [-0.2, 0) is 16.0 Å². The van der Waals surface area contributed by atoms with Crippen molar-refractivity contribution in [3.05, 3.63) is 29.8 Å². The van der Waals surface area contributed by atoms with Crippen LogP contribution in [0, 0.1) is 5.92 Å². The molecule has 2 amide bonds. The summed E-state index contributed by atoms with van der Waals surface area (Å²) in [4.78, 5) is 25.9. The van der Waals surface area contributed by atoms with E-state index >= 15 is 0 Å². The second-order valence-corrected chi connectivity index (χ2v) is 6.90. The molecule has 1 saturated carbocycles. The van der Waals surface area contributed by atoms with Gasteiger partial charge >= 0.3 is 0 Å². The van der Waals surface area contributed by atoms with E-state index in [0.29, 0.717) is 12.5 Å². The lowest BCUT2D eigenvalue weighted by Crippen LogP contribution is -2.50. The van der Waals surface area contributed by atoms with E-state index < -0.39 is 0 Å². The van der Waals surface area contributed by atoms with Gasteiger partial charge in [-0.25, -0.2) is 0 Å². The Morgan fingerprint density at radius 1 is 1.09 bits per heavy atom. The lowest BCUT2D eigenvalue weighted by molar-refractivity contribution is -0.136. The summed E-state index contributed by atoms with van der Waals surface area (Å²) in [7, 11) is 0. The lowest BCUT2D eigenvalue weighted by atomic mass is 9.78. The molecule has 1 aliphatic heterocycles. The molecule has 2 fully saturated rings. The summed E-state index contributed by atoms with van der Waals surface area (Å²) in [6.45, 7) is 2.42. The molecule has 3 rings (SSSR count). The summed E-state index contributed by atoms with van der Waals surface area (Å²) in [6, 6.07) is 8.08. The summed E-state index contributed by atoms with van der Waals surface area (Å²) < 4.78 is 0. The molecule has 1 aromatic rings. The largest absolute Gasteiger partial charge is 0.339 e. The predicted molar refractivity (Wildman–Crippen MR) is 91.1 cm³/mol. The van der Waals surface area contributed by atoms with E-state index in [9.17, 15) is 9.59 Å². The van der Waals surface area contributed by atoms with Crippen LogP contribution < -0.4 is 5.32 Å². The van der Waals surface area contributed by atoms with Gasteiger partial charge in [-0.2, -0.15) is 0 Å². The highest BCUT2D eigenvalue weighted by Gasteiger charge is 2.35. The molecule has 1 aromatic carbocycles. The molecule has 0 radical (unpaired) electrons. The standard InChI is InChI=1S/C19H26N2O2/c1-14(22)20-17-10-8-15(9-11-17)13-19(23)21-12-4-6-16-5-2-3-7-18(16)21/h8-11,16,18H,2-7,12-13H2,1H3,(H,20,22). The molecule has 1 aliphatic carbocycles. The minimum Gasteiger partial charge on any atom is -0.339 e. The number of fused-ring (bicyclic) bond motifs is 1. The molecular weight excluding hydrogens is 288 g/mol. The van der Waals surface area contributed by atoms with Crippen molar-refractivity contribution in [2.75, 3.05) is 11.9 Å². The molecule has 4 nitrogen and oxygen atoms in total. The average Bonchev–Trinajstić information content (AvgIpc) is 2.55. The Morgan fingerprint density at radius 2 is 1.78 bits per heavy atom. The zero-order valence-electron chi connectivity index (χ0n) is 13.9. The van der Waals surface area contributed by atoms with Crippen LogP contribution in [0.1, 0.15) is 51.0 Å². The summed E-state index contributed by atoms with van der Waals surface area (Å²) >= 11 is 0. The Bertz CT molecular complexity index is 565. The number of anilines is 1. The second-order valence-electron chi connectivity index (χ2n) is 6.90. The molecule has 2 unspecified atom stereocenters. The fourth-order valence-corrected chi connectivity index (χ4v) is 4.12. The third-order valence-corrected chi connectivity index (χ3v) is 5.19. The van der Waals surface area contributed by atoms with Gasteiger partial charge in [-0.15, -0.1) is 0 Å². The van der Waals surface area contributed by atoms with Crippen molar-refractivity contribution in [2.45, 2.75) is 57.9 Å². The highest BCUT2D eigenvalue weighted by Crippen LogP contribution is 2.35. The van der Waals surface area contributed by atoms with Gasteiger partial charge in [0.2, 0.25) is 11.8 Å². The van der Waals surface area contributed by atoms with Crippen molar-refractivity contribution < 1.29 is 9.59 Å². The Morgan fingerprint density at radius 3 is 2.52 bits per heavy atom. The maximum Gasteiger partial charge on any atom is 0.227 e. The van der Waals surface area contributed by atoms with Crippen molar-refractivity contribution in [1.82, 2.24) is 4.90 Å². The van der Waals surface area contributed by atoms with E-state index in [1.807, 2.05) is 24.3 Å². The van der Waals surface area contributed by atoms with Crippen LogP contribution in [-0.4, -0.2) is 29.3 Å². The predicted octanol–water partition coefficient (Wildman–Crippen LogP) is 3.37. The number of piperidine rings is 1. The van der Waals surface area contributed by atoms with Gasteiger partial charge in [0.25, 0.3) is 0 Å². The maximum absolute atomic E-state index is 12.7. The second kappa shape index (κ2) is 7.16. The smallest absolute Gasteiger partial charge is 0.227 e.